The molecule has 0 fully saturated rings. The molecule has 144 valence electrons. The van der Waals surface area contributed by atoms with Crippen molar-refractivity contribution in [1.82, 2.24) is 4.98 Å². The van der Waals surface area contributed by atoms with Gasteiger partial charge in [-0.05, 0) is 42.0 Å². The molecule has 0 bridgehead atoms. The molecule has 2 N–H and O–H groups in total. The number of nitrogens with zero attached hydrogens (tertiary/aromatic N) is 1. The summed E-state index contributed by atoms with van der Waals surface area (Å²) in [5, 5.41) is 6.75. The first-order valence-electron chi connectivity index (χ1n) is 8.57. The van der Waals surface area contributed by atoms with Gasteiger partial charge in [0.1, 0.15) is 17.2 Å². The molecular weight excluding hydrogens is 378 g/mol. The first kappa shape index (κ1) is 19.5. The summed E-state index contributed by atoms with van der Waals surface area (Å²) in [6, 6.07) is 16.2. The van der Waals surface area contributed by atoms with Crippen LogP contribution in [0.15, 0.2) is 60.8 Å². The van der Waals surface area contributed by atoms with Crippen molar-refractivity contribution in [3.05, 3.63) is 77.1 Å². The number of methoxy groups -OCH3 is 2. The Morgan fingerprint density at radius 1 is 1.04 bits per heavy atom. The largest absolute Gasteiger partial charge is 0.497 e. The molecule has 0 aliphatic heterocycles. The molecule has 0 radical (unpaired) electrons. The van der Waals surface area contributed by atoms with Crippen LogP contribution in [0.1, 0.15) is 16.1 Å². The number of halogens is 1. The number of anilines is 2. The topological polar surface area (TPSA) is 72.5 Å². The molecule has 7 heteroatoms. The standard InChI is InChI=1S/C21H20ClN3O3/c1-27-17-8-10-20(28-2)19(11-17)25-21(26)18-9-7-16(13-24-18)23-12-14-3-5-15(22)6-4-14/h3-11,13,23H,12H2,1-2H3,(H,25,26). The second-order valence-corrected chi connectivity index (χ2v) is 6.37. The van der Waals surface area contributed by atoms with Crippen LogP contribution in [0.5, 0.6) is 11.5 Å². The maximum absolute atomic E-state index is 12.5. The van der Waals surface area contributed by atoms with E-state index >= 15 is 0 Å². The fraction of sp³-hybridized carbons (Fsp3) is 0.143. The highest BCUT2D eigenvalue weighted by atomic mass is 35.5. The minimum atomic E-state index is -0.337. The van der Waals surface area contributed by atoms with Gasteiger partial charge in [0.05, 0.1) is 31.8 Å². The Labute approximate surface area is 168 Å². The molecule has 1 aromatic heterocycles. The van der Waals surface area contributed by atoms with Gasteiger partial charge in [-0.2, -0.15) is 0 Å². The third-order valence-corrected chi connectivity index (χ3v) is 4.31. The molecule has 0 atom stereocenters. The molecule has 28 heavy (non-hydrogen) atoms. The van der Waals surface area contributed by atoms with Gasteiger partial charge in [-0.1, -0.05) is 23.7 Å². The van der Waals surface area contributed by atoms with Crippen LogP contribution in [-0.2, 0) is 6.54 Å². The summed E-state index contributed by atoms with van der Waals surface area (Å²) in [6.45, 7) is 0.630. The van der Waals surface area contributed by atoms with E-state index in [1.807, 2.05) is 24.3 Å². The van der Waals surface area contributed by atoms with Gasteiger partial charge >= 0.3 is 0 Å². The summed E-state index contributed by atoms with van der Waals surface area (Å²) in [6.07, 6.45) is 1.62. The van der Waals surface area contributed by atoms with Crippen molar-refractivity contribution in [2.45, 2.75) is 6.54 Å². The Bertz CT molecular complexity index is 944. The lowest BCUT2D eigenvalue weighted by Gasteiger charge is -2.12. The summed E-state index contributed by atoms with van der Waals surface area (Å²) in [5.41, 5.74) is 2.71. The Morgan fingerprint density at radius 3 is 2.46 bits per heavy atom. The van der Waals surface area contributed by atoms with Crippen LogP contribution in [-0.4, -0.2) is 25.1 Å². The van der Waals surface area contributed by atoms with Crippen molar-refractivity contribution in [1.29, 1.82) is 0 Å². The second-order valence-electron chi connectivity index (χ2n) is 5.93. The van der Waals surface area contributed by atoms with Crippen LogP contribution in [0, 0.1) is 0 Å². The smallest absolute Gasteiger partial charge is 0.274 e. The maximum Gasteiger partial charge on any atom is 0.274 e. The lowest BCUT2D eigenvalue weighted by Crippen LogP contribution is -2.14. The van der Waals surface area contributed by atoms with Crippen molar-refractivity contribution >= 4 is 28.9 Å². The lowest BCUT2D eigenvalue weighted by molar-refractivity contribution is 0.102. The molecule has 0 spiro atoms. The summed E-state index contributed by atoms with van der Waals surface area (Å²) in [5.74, 6) is 0.817. The molecule has 0 saturated carbocycles. The highest BCUT2D eigenvalue weighted by Gasteiger charge is 2.12. The average molecular weight is 398 g/mol. The number of carbonyl (C=O) groups excluding carboxylic acids is 1. The minimum absolute atomic E-state index is 0.293. The van der Waals surface area contributed by atoms with E-state index in [1.165, 1.54) is 7.11 Å². The summed E-state index contributed by atoms with van der Waals surface area (Å²) in [7, 11) is 3.10. The van der Waals surface area contributed by atoms with Crippen LogP contribution < -0.4 is 20.1 Å². The van der Waals surface area contributed by atoms with E-state index in [-0.39, 0.29) is 5.91 Å². The summed E-state index contributed by atoms with van der Waals surface area (Å²) in [4.78, 5) is 16.7. The fourth-order valence-corrected chi connectivity index (χ4v) is 2.66. The number of ether oxygens (including phenoxy) is 2. The SMILES string of the molecule is COc1ccc(OC)c(NC(=O)c2ccc(NCc3ccc(Cl)cc3)cn2)c1. The molecule has 0 aliphatic carbocycles. The molecule has 0 unspecified atom stereocenters. The van der Waals surface area contributed by atoms with Gasteiger partial charge < -0.3 is 20.1 Å². The summed E-state index contributed by atoms with van der Waals surface area (Å²) >= 11 is 5.89. The Morgan fingerprint density at radius 2 is 1.82 bits per heavy atom. The molecule has 6 nitrogen and oxygen atoms in total. The number of benzene rings is 2. The highest BCUT2D eigenvalue weighted by Crippen LogP contribution is 2.29. The maximum atomic E-state index is 12.5. The van der Waals surface area contributed by atoms with E-state index in [4.69, 9.17) is 21.1 Å². The van der Waals surface area contributed by atoms with E-state index in [1.54, 1.807) is 43.6 Å². The third kappa shape index (κ3) is 4.92. The normalized spacial score (nSPS) is 10.2. The quantitative estimate of drug-likeness (QED) is 0.608. The van der Waals surface area contributed by atoms with E-state index in [0.717, 1.165) is 11.3 Å². The first-order chi connectivity index (χ1) is 13.6. The second kappa shape index (κ2) is 9.10. The zero-order valence-electron chi connectivity index (χ0n) is 15.5. The van der Waals surface area contributed by atoms with Crippen molar-refractivity contribution in [3.63, 3.8) is 0 Å². The number of amides is 1. The molecule has 0 aliphatic rings. The minimum Gasteiger partial charge on any atom is -0.497 e. The Balaban J connectivity index is 1.64. The molecule has 1 heterocycles. The number of hydrogen-bond acceptors (Lipinski definition) is 5. The lowest BCUT2D eigenvalue weighted by atomic mass is 10.2. The van der Waals surface area contributed by atoms with Gasteiger partial charge in [-0.25, -0.2) is 4.98 Å². The molecule has 3 rings (SSSR count). The van der Waals surface area contributed by atoms with Crippen molar-refractivity contribution < 1.29 is 14.3 Å². The molecule has 0 saturated heterocycles. The van der Waals surface area contributed by atoms with Gasteiger partial charge in [-0.3, -0.25) is 4.79 Å². The molecule has 1 amide bonds. The number of hydrogen-bond donors (Lipinski definition) is 2. The van der Waals surface area contributed by atoms with Crippen molar-refractivity contribution in [3.8, 4) is 11.5 Å². The zero-order valence-corrected chi connectivity index (χ0v) is 16.3. The monoisotopic (exact) mass is 397 g/mol. The number of pyridine rings is 1. The van der Waals surface area contributed by atoms with E-state index in [2.05, 4.69) is 15.6 Å². The average Bonchev–Trinajstić information content (AvgIpc) is 2.73. The van der Waals surface area contributed by atoms with Crippen LogP contribution in [0.2, 0.25) is 5.02 Å². The molecule has 2 aromatic carbocycles. The van der Waals surface area contributed by atoms with Crippen LogP contribution >= 0.6 is 11.6 Å². The molecular formula is C21H20ClN3O3. The van der Waals surface area contributed by atoms with Crippen molar-refractivity contribution in [2.75, 3.05) is 24.9 Å². The first-order valence-corrected chi connectivity index (χ1v) is 8.94. The van der Waals surface area contributed by atoms with Crippen LogP contribution in [0.3, 0.4) is 0 Å². The predicted molar refractivity (Wildman–Crippen MR) is 111 cm³/mol. The third-order valence-electron chi connectivity index (χ3n) is 4.06. The zero-order chi connectivity index (χ0) is 19.9. The fourth-order valence-electron chi connectivity index (χ4n) is 2.54. The van der Waals surface area contributed by atoms with Gasteiger partial charge in [0, 0.05) is 17.6 Å². The number of aromatic nitrogens is 1. The van der Waals surface area contributed by atoms with E-state index in [9.17, 15) is 4.79 Å². The molecule has 3 aromatic rings. The number of carbonyl (C=O) groups is 1. The van der Waals surface area contributed by atoms with E-state index < -0.39 is 0 Å². The van der Waals surface area contributed by atoms with Gasteiger partial charge in [-0.15, -0.1) is 0 Å². The highest BCUT2D eigenvalue weighted by molar-refractivity contribution is 6.30. The predicted octanol–water partition coefficient (Wildman–Crippen LogP) is 4.62. The van der Waals surface area contributed by atoms with Crippen LogP contribution in [0.4, 0.5) is 11.4 Å². The van der Waals surface area contributed by atoms with Gasteiger partial charge in [0.25, 0.3) is 5.91 Å². The van der Waals surface area contributed by atoms with Crippen LogP contribution in [0.25, 0.3) is 0 Å². The number of nitrogens with one attached hydrogen (secondary N) is 2. The summed E-state index contributed by atoms with van der Waals surface area (Å²) < 4.78 is 10.5. The Kier molecular flexibility index (Phi) is 6.34. The van der Waals surface area contributed by atoms with Gasteiger partial charge in [0.15, 0.2) is 0 Å². The Hall–Kier alpha value is -3.25. The van der Waals surface area contributed by atoms with Gasteiger partial charge in [0.2, 0.25) is 0 Å². The van der Waals surface area contributed by atoms with E-state index in [0.29, 0.717) is 34.4 Å². The van der Waals surface area contributed by atoms with Crippen molar-refractivity contribution in [2.24, 2.45) is 0 Å². The number of rotatable bonds is 7.